The molecular formula is C6H8N2O3. The Morgan fingerprint density at radius 3 is 2.64 bits per heavy atom. The Bertz CT molecular complexity index is 196. The van der Waals surface area contributed by atoms with Gasteiger partial charge in [0.2, 0.25) is 0 Å². The van der Waals surface area contributed by atoms with Crippen LogP contribution in [0.25, 0.3) is 0 Å². The molecule has 0 spiro atoms. The van der Waals surface area contributed by atoms with Crippen LogP contribution in [0.5, 0.6) is 0 Å². The fourth-order valence-corrected chi connectivity index (χ4v) is 0.577. The van der Waals surface area contributed by atoms with E-state index in [-0.39, 0.29) is 6.42 Å². The normalized spacial score (nSPS) is 14.5. The highest BCUT2D eigenvalue weighted by Gasteiger charge is 2.20. The second kappa shape index (κ2) is 4.39. The lowest BCUT2D eigenvalue weighted by molar-refractivity contribution is -0.138. The Morgan fingerprint density at radius 2 is 2.36 bits per heavy atom. The first-order valence-corrected chi connectivity index (χ1v) is 3.06. The summed E-state index contributed by atoms with van der Waals surface area (Å²) in [5.41, 5.74) is 0. The fraction of sp³-hybridized carbons (Fsp3) is 0.667. The van der Waals surface area contributed by atoms with Crippen molar-refractivity contribution < 1.29 is 9.90 Å². The molecule has 5 heteroatoms. The summed E-state index contributed by atoms with van der Waals surface area (Å²) in [5, 5.41) is 19.0. The predicted octanol–water partition coefficient (Wildman–Crippen LogP) is 0.756. The Morgan fingerprint density at radius 1 is 1.82 bits per heavy atom. The molecule has 0 aromatic heterocycles. The Labute approximate surface area is 63.6 Å². The van der Waals surface area contributed by atoms with Gasteiger partial charge in [0, 0.05) is 5.92 Å². The van der Waals surface area contributed by atoms with Crippen molar-refractivity contribution >= 4 is 5.97 Å². The van der Waals surface area contributed by atoms with E-state index in [1.807, 2.05) is 6.07 Å². The van der Waals surface area contributed by atoms with E-state index in [4.69, 9.17) is 10.4 Å². The van der Waals surface area contributed by atoms with Crippen LogP contribution in [0.15, 0.2) is 5.18 Å². The zero-order valence-electron chi connectivity index (χ0n) is 6.02. The third-order valence-electron chi connectivity index (χ3n) is 1.21. The summed E-state index contributed by atoms with van der Waals surface area (Å²) in [6.45, 7) is 1.54. The highest BCUT2D eigenvalue weighted by molar-refractivity contribution is 5.73. The molecule has 2 atom stereocenters. The van der Waals surface area contributed by atoms with Crippen LogP contribution in [0.4, 0.5) is 0 Å². The molecule has 0 aliphatic rings. The molecule has 0 radical (unpaired) electrons. The molecule has 0 saturated carbocycles. The van der Waals surface area contributed by atoms with Crippen molar-refractivity contribution in [2.75, 3.05) is 0 Å². The molecule has 0 aliphatic heterocycles. The molecule has 0 saturated heterocycles. The zero-order valence-corrected chi connectivity index (χ0v) is 6.02. The predicted molar refractivity (Wildman–Crippen MR) is 36.6 cm³/mol. The maximum atomic E-state index is 10.2. The average molecular weight is 156 g/mol. The minimum Gasteiger partial charge on any atom is -0.480 e. The summed E-state index contributed by atoms with van der Waals surface area (Å²) in [7, 11) is 0. The highest BCUT2D eigenvalue weighted by Crippen LogP contribution is 2.07. The van der Waals surface area contributed by atoms with Gasteiger partial charge in [0.25, 0.3) is 0 Å². The van der Waals surface area contributed by atoms with Crippen molar-refractivity contribution in [2.24, 2.45) is 11.1 Å². The van der Waals surface area contributed by atoms with Crippen LogP contribution in [0.3, 0.4) is 0 Å². The lowest BCUT2D eigenvalue weighted by Gasteiger charge is -2.03. The van der Waals surface area contributed by atoms with Gasteiger partial charge in [0.05, 0.1) is 6.07 Å². The number of aliphatic carboxylic acids is 1. The SMILES string of the molecule is CC(C#N)CC(N=O)C(=O)O. The molecule has 1 N–H and O–H groups in total. The molecule has 2 unspecified atom stereocenters. The van der Waals surface area contributed by atoms with Gasteiger partial charge < -0.3 is 5.11 Å². The van der Waals surface area contributed by atoms with Crippen LogP contribution >= 0.6 is 0 Å². The molecule has 11 heavy (non-hydrogen) atoms. The number of rotatable bonds is 4. The van der Waals surface area contributed by atoms with Gasteiger partial charge in [0.1, 0.15) is 0 Å². The second-order valence-corrected chi connectivity index (χ2v) is 2.23. The average Bonchev–Trinajstić information content (AvgIpc) is 1.99. The first-order chi connectivity index (χ1) is 5.11. The van der Waals surface area contributed by atoms with Gasteiger partial charge in [0.15, 0.2) is 6.04 Å². The zero-order chi connectivity index (χ0) is 8.85. The van der Waals surface area contributed by atoms with E-state index in [0.717, 1.165) is 0 Å². The fourth-order valence-electron chi connectivity index (χ4n) is 0.577. The van der Waals surface area contributed by atoms with Crippen molar-refractivity contribution in [1.29, 1.82) is 5.26 Å². The van der Waals surface area contributed by atoms with Crippen molar-refractivity contribution in [3.63, 3.8) is 0 Å². The van der Waals surface area contributed by atoms with Crippen molar-refractivity contribution in [3.8, 4) is 6.07 Å². The number of carbonyl (C=O) groups is 1. The van der Waals surface area contributed by atoms with E-state index in [9.17, 15) is 9.70 Å². The summed E-state index contributed by atoms with van der Waals surface area (Å²) in [6.07, 6.45) is -0.0185. The molecule has 0 heterocycles. The number of nitroso groups, excluding NO2 is 1. The summed E-state index contributed by atoms with van der Waals surface area (Å²) in [6, 6.07) is 0.535. The molecule has 5 nitrogen and oxygen atoms in total. The molecule has 0 bridgehead atoms. The Hall–Kier alpha value is -1.44. The van der Waals surface area contributed by atoms with E-state index in [0.29, 0.717) is 0 Å². The molecule has 60 valence electrons. The number of nitriles is 1. The summed E-state index contributed by atoms with van der Waals surface area (Å²) >= 11 is 0. The maximum absolute atomic E-state index is 10.2. The van der Waals surface area contributed by atoms with E-state index in [1.54, 1.807) is 6.92 Å². The van der Waals surface area contributed by atoms with Crippen LogP contribution in [-0.2, 0) is 4.79 Å². The molecule has 0 fully saturated rings. The van der Waals surface area contributed by atoms with Crippen LogP contribution in [-0.4, -0.2) is 17.1 Å². The third kappa shape index (κ3) is 3.30. The number of carboxylic acids is 1. The van der Waals surface area contributed by atoms with Gasteiger partial charge in [-0.25, -0.2) is 4.79 Å². The topological polar surface area (TPSA) is 90.5 Å². The van der Waals surface area contributed by atoms with E-state index < -0.39 is 17.9 Å². The van der Waals surface area contributed by atoms with Crippen LogP contribution in [0.2, 0.25) is 0 Å². The summed E-state index contributed by atoms with van der Waals surface area (Å²) in [5.74, 6) is -1.73. The molecule has 0 aromatic carbocycles. The molecule has 0 rings (SSSR count). The summed E-state index contributed by atoms with van der Waals surface area (Å²) in [4.78, 5) is 20.0. The quantitative estimate of drug-likeness (QED) is 0.608. The maximum Gasteiger partial charge on any atom is 0.332 e. The number of nitrogens with zero attached hydrogens (tertiary/aromatic N) is 2. The molecule has 0 amide bonds. The first kappa shape index (κ1) is 9.56. The monoisotopic (exact) mass is 156 g/mol. The Balaban J connectivity index is 4.00. The Kier molecular flexibility index (Phi) is 3.81. The number of hydrogen-bond acceptors (Lipinski definition) is 4. The van der Waals surface area contributed by atoms with Gasteiger partial charge in [-0.1, -0.05) is 5.18 Å². The van der Waals surface area contributed by atoms with Crippen LogP contribution < -0.4 is 0 Å². The van der Waals surface area contributed by atoms with Crippen molar-refractivity contribution in [1.82, 2.24) is 0 Å². The van der Waals surface area contributed by atoms with E-state index in [1.165, 1.54) is 0 Å². The highest BCUT2D eigenvalue weighted by atomic mass is 16.4. The second-order valence-electron chi connectivity index (χ2n) is 2.23. The minimum absolute atomic E-state index is 0.0185. The van der Waals surface area contributed by atoms with Gasteiger partial charge in [-0.3, -0.25) is 0 Å². The van der Waals surface area contributed by atoms with Crippen molar-refractivity contribution in [3.05, 3.63) is 4.91 Å². The van der Waals surface area contributed by atoms with Gasteiger partial charge in [-0.15, -0.1) is 4.91 Å². The first-order valence-electron chi connectivity index (χ1n) is 3.06. The smallest absolute Gasteiger partial charge is 0.332 e. The van der Waals surface area contributed by atoms with Gasteiger partial charge >= 0.3 is 5.97 Å². The van der Waals surface area contributed by atoms with Gasteiger partial charge in [-0.05, 0) is 13.3 Å². The minimum atomic E-state index is -1.29. The number of hydrogen-bond donors (Lipinski definition) is 1. The third-order valence-corrected chi connectivity index (χ3v) is 1.21. The molecular weight excluding hydrogens is 148 g/mol. The summed E-state index contributed by atoms with van der Waals surface area (Å²) < 4.78 is 0. The number of carboxylic acid groups (broad SMARTS) is 1. The molecule has 0 aliphatic carbocycles. The molecule has 0 aromatic rings. The van der Waals surface area contributed by atoms with E-state index >= 15 is 0 Å². The lowest BCUT2D eigenvalue weighted by Crippen LogP contribution is -2.19. The van der Waals surface area contributed by atoms with Crippen LogP contribution in [0, 0.1) is 22.2 Å². The van der Waals surface area contributed by atoms with Crippen LogP contribution in [0.1, 0.15) is 13.3 Å². The standard InChI is InChI=1S/C6H8N2O3/c1-4(3-7)2-5(8-11)6(9)10/h4-5H,2H2,1H3,(H,9,10). The van der Waals surface area contributed by atoms with Crippen molar-refractivity contribution in [2.45, 2.75) is 19.4 Å². The van der Waals surface area contributed by atoms with Gasteiger partial charge in [-0.2, -0.15) is 5.26 Å². The van der Waals surface area contributed by atoms with E-state index in [2.05, 4.69) is 5.18 Å². The largest absolute Gasteiger partial charge is 0.480 e. The lowest BCUT2D eigenvalue weighted by atomic mass is 10.0.